The fourth-order valence-electron chi connectivity index (χ4n) is 4.45. The highest BCUT2D eigenvalue weighted by molar-refractivity contribution is 5.80. The number of benzene rings is 2. The van der Waals surface area contributed by atoms with E-state index in [0.29, 0.717) is 19.5 Å². The molecule has 4 rings (SSSR count). The van der Waals surface area contributed by atoms with Gasteiger partial charge in [-0.15, -0.1) is 0 Å². The molecule has 1 fully saturated rings. The number of carbonyl (C=O) groups is 3. The molecule has 2 aromatic rings. The minimum atomic E-state index is -1.11. The van der Waals surface area contributed by atoms with Gasteiger partial charge >= 0.3 is 12.1 Å². The van der Waals surface area contributed by atoms with Gasteiger partial charge in [-0.3, -0.25) is 14.5 Å². The molecule has 1 saturated heterocycles. The van der Waals surface area contributed by atoms with Gasteiger partial charge in [0.15, 0.2) is 0 Å². The molecule has 156 valence electrons. The number of carboxylic acids is 1. The standard InChI is InChI=1S/C23H24N2O5/c1-15(26)24-11-10-16(12-24)25(13-22(27)28)23(29)30-14-21-19-8-4-2-6-17(19)18-7-3-5-9-20(18)21/h2-9,16,21H,10-14H2,1H3,(H,27,28). The summed E-state index contributed by atoms with van der Waals surface area (Å²) in [5.74, 6) is -1.28. The van der Waals surface area contributed by atoms with E-state index in [0.717, 1.165) is 22.3 Å². The van der Waals surface area contributed by atoms with Crippen LogP contribution in [0, 0.1) is 0 Å². The van der Waals surface area contributed by atoms with Crippen LogP contribution in [0.25, 0.3) is 11.1 Å². The number of carbonyl (C=O) groups excluding carboxylic acids is 2. The zero-order valence-electron chi connectivity index (χ0n) is 16.8. The molecule has 1 aliphatic carbocycles. The van der Waals surface area contributed by atoms with Crippen molar-refractivity contribution < 1.29 is 24.2 Å². The second-order valence-electron chi connectivity index (χ2n) is 7.73. The summed E-state index contributed by atoms with van der Waals surface area (Å²) in [4.78, 5) is 38.7. The first kappa shape index (κ1) is 19.9. The minimum Gasteiger partial charge on any atom is -0.480 e. The van der Waals surface area contributed by atoms with E-state index in [2.05, 4.69) is 12.1 Å². The highest BCUT2D eigenvalue weighted by Crippen LogP contribution is 2.44. The van der Waals surface area contributed by atoms with E-state index in [-0.39, 0.29) is 24.5 Å². The molecule has 1 heterocycles. The molecule has 2 aliphatic rings. The summed E-state index contributed by atoms with van der Waals surface area (Å²) in [6, 6.07) is 15.7. The summed E-state index contributed by atoms with van der Waals surface area (Å²) in [7, 11) is 0. The zero-order valence-corrected chi connectivity index (χ0v) is 16.8. The van der Waals surface area contributed by atoms with Crippen molar-refractivity contribution in [2.24, 2.45) is 0 Å². The third-order valence-corrected chi connectivity index (χ3v) is 5.93. The van der Waals surface area contributed by atoms with E-state index in [1.807, 2.05) is 36.4 Å². The Morgan fingerprint density at radius 1 is 1.07 bits per heavy atom. The molecular weight excluding hydrogens is 384 g/mol. The molecule has 0 aromatic heterocycles. The van der Waals surface area contributed by atoms with Crippen molar-refractivity contribution in [2.75, 3.05) is 26.2 Å². The normalized spacial score (nSPS) is 17.4. The molecule has 2 aromatic carbocycles. The first-order chi connectivity index (χ1) is 14.5. The molecule has 0 spiro atoms. The zero-order chi connectivity index (χ0) is 21.3. The lowest BCUT2D eigenvalue weighted by Crippen LogP contribution is -2.45. The summed E-state index contributed by atoms with van der Waals surface area (Å²) in [6.45, 7) is 1.98. The van der Waals surface area contributed by atoms with Crippen molar-refractivity contribution in [3.05, 3.63) is 59.7 Å². The Balaban J connectivity index is 1.50. The van der Waals surface area contributed by atoms with Crippen LogP contribution in [0.2, 0.25) is 0 Å². The fraction of sp³-hybridized carbons (Fsp3) is 0.348. The van der Waals surface area contributed by atoms with Crippen LogP contribution < -0.4 is 0 Å². The van der Waals surface area contributed by atoms with E-state index < -0.39 is 18.6 Å². The van der Waals surface area contributed by atoms with Gasteiger partial charge < -0.3 is 14.7 Å². The average molecular weight is 408 g/mol. The number of ether oxygens (including phenoxy) is 1. The Bertz CT molecular complexity index is 944. The van der Waals surface area contributed by atoms with Gasteiger partial charge in [-0.1, -0.05) is 48.5 Å². The van der Waals surface area contributed by atoms with E-state index in [4.69, 9.17) is 4.74 Å². The number of rotatable bonds is 5. The molecule has 1 atom stereocenters. The van der Waals surface area contributed by atoms with Crippen LogP contribution in [0.15, 0.2) is 48.5 Å². The molecule has 7 heteroatoms. The highest BCUT2D eigenvalue weighted by Gasteiger charge is 2.35. The van der Waals surface area contributed by atoms with E-state index in [1.165, 1.54) is 11.8 Å². The van der Waals surface area contributed by atoms with Gasteiger partial charge in [-0.25, -0.2) is 4.79 Å². The van der Waals surface area contributed by atoms with Crippen molar-refractivity contribution in [1.82, 2.24) is 9.80 Å². The Kier molecular flexibility index (Phi) is 5.44. The SMILES string of the molecule is CC(=O)N1CCC(N(CC(=O)O)C(=O)OCC2c3ccccc3-c3ccccc32)C1. The molecule has 1 aliphatic heterocycles. The number of nitrogens with zero attached hydrogens (tertiary/aromatic N) is 2. The molecular formula is C23H24N2O5. The summed E-state index contributed by atoms with van der Waals surface area (Å²) in [5.41, 5.74) is 4.45. The van der Waals surface area contributed by atoms with Crippen molar-refractivity contribution in [3.8, 4) is 11.1 Å². The number of fused-ring (bicyclic) bond motifs is 3. The topological polar surface area (TPSA) is 87.2 Å². The van der Waals surface area contributed by atoms with Gasteiger partial charge in [0, 0.05) is 25.9 Å². The van der Waals surface area contributed by atoms with Crippen molar-refractivity contribution in [2.45, 2.75) is 25.3 Å². The van der Waals surface area contributed by atoms with Crippen LogP contribution in [0.1, 0.15) is 30.4 Å². The molecule has 1 unspecified atom stereocenters. The Hall–Kier alpha value is -3.35. The van der Waals surface area contributed by atoms with Gasteiger partial charge in [0.2, 0.25) is 5.91 Å². The number of hydrogen-bond donors (Lipinski definition) is 1. The molecule has 30 heavy (non-hydrogen) atoms. The highest BCUT2D eigenvalue weighted by atomic mass is 16.6. The largest absolute Gasteiger partial charge is 0.480 e. The maximum Gasteiger partial charge on any atom is 0.410 e. The van der Waals surface area contributed by atoms with Crippen LogP contribution in [-0.4, -0.2) is 65.2 Å². The van der Waals surface area contributed by atoms with Crippen molar-refractivity contribution in [1.29, 1.82) is 0 Å². The quantitative estimate of drug-likeness (QED) is 0.822. The molecule has 2 amide bonds. The summed E-state index contributed by atoms with van der Waals surface area (Å²) >= 11 is 0. The first-order valence-electron chi connectivity index (χ1n) is 10.0. The average Bonchev–Trinajstić information content (AvgIpc) is 3.34. The maximum absolute atomic E-state index is 12.9. The Labute approximate surface area is 174 Å². The predicted molar refractivity (Wildman–Crippen MR) is 110 cm³/mol. The maximum atomic E-state index is 12.9. The predicted octanol–water partition coefficient (Wildman–Crippen LogP) is 2.94. The summed E-state index contributed by atoms with van der Waals surface area (Å²) in [5, 5.41) is 9.28. The molecule has 0 radical (unpaired) electrons. The Morgan fingerprint density at radius 2 is 1.67 bits per heavy atom. The smallest absolute Gasteiger partial charge is 0.410 e. The number of carboxylic acid groups (broad SMARTS) is 1. The van der Waals surface area contributed by atoms with Crippen molar-refractivity contribution in [3.63, 3.8) is 0 Å². The van der Waals surface area contributed by atoms with Crippen LogP contribution in [0.3, 0.4) is 0 Å². The number of aliphatic carboxylic acids is 1. The molecule has 0 saturated carbocycles. The van der Waals surface area contributed by atoms with Gasteiger partial charge in [-0.05, 0) is 28.7 Å². The first-order valence-corrected chi connectivity index (χ1v) is 10.0. The van der Waals surface area contributed by atoms with Gasteiger partial charge in [0.25, 0.3) is 0 Å². The Morgan fingerprint density at radius 3 is 2.20 bits per heavy atom. The van der Waals surface area contributed by atoms with Crippen LogP contribution in [-0.2, 0) is 14.3 Å². The third-order valence-electron chi connectivity index (χ3n) is 5.93. The molecule has 1 N–H and O–H groups in total. The van der Waals surface area contributed by atoms with Crippen LogP contribution >= 0.6 is 0 Å². The third kappa shape index (κ3) is 3.75. The number of likely N-dealkylation sites (tertiary alicyclic amines) is 1. The second-order valence-corrected chi connectivity index (χ2v) is 7.73. The number of hydrogen-bond acceptors (Lipinski definition) is 4. The van der Waals surface area contributed by atoms with Gasteiger partial charge in [-0.2, -0.15) is 0 Å². The lowest BCUT2D eigenvalue weighted by molar-refractivity contribution is -0.138. The second kappa shape index (κ2) is 8.18. The van der Waals surface area contributed by atoms with E-state index in [1.54, 1.807) is 4.90 Å². The van der Waals surface area contributed by atoms with Crippen LogP contribution in [0.4, 0.5) is 4.79 Å². The molecule has 7 nitrogen and oxygen atoms in total. The lowest BCUT2D eigenvalue weighted by atomic mass is 9.98. The summed E-state index contributed by atoms with van der Waals surface area (Å²) < 4.78 is 5.63. The fourth-order valence-corrected chi connectivity index (χ4v) is 4.45. The van der Waals surface area contributed by atoms with E-state index in [9.17, 15) is 19.5 Å². The van der Waals surface area contributed by atoms with Gasteiger partial charge in [0.05, 0.1) is 6.04 Å². The molecule has 0 bridgehead atoms. The van der Waals surface area contributed by atoms with E-state index >= 15 is 0 Å². The van der Waals surface area contributed by atoms with Gasteiger partial charge in [0.1, 0.15) is 13.2 Å². The monoisotopic (exact) mass is 408 g/mol. The lowest BCUT2D eigenvalue weighted by Gasteiger charge is -2.27. The van der Waals surface area contributed by atoms with Crippen molar-refractivity contribution >= 4 is 18.0 Å². The number of amides is 2. The minimum absolute atomic E-state index is 0.0830. The summed E-state index contributed by atoms with van der Waals surface area (Å²) in [6.07, 6.45) is -0.119. The van der Waals surface area contributed by atoms with Crippen LogP contribution in [0.5, 0.6) is 0 Å².